The summed E-state index contributed by atoms with van der Waals surface area (Å²) in [6, 6.07) is 19.0. The number of nitrogens with zero attached hydrogens (tertiary/aromatic N) is 2. The van der Waals surface area contributed by atoms with Gasteiger partial charge in [0.05, 0.1) is 7.11 Å². The Bertz CT molecular complexity index is 1130. The number of halogens is 1. The molecule has 0 bridgehead atoms. The fourth-order valence-electron chi connectivity index (χ4n) is 4.52. The zero-order valence-corrected chi connectivity index (χ0v) is 20.6. The lowest BCUT2D eigenvalue weighted by Gasteiger charge is -2.33. The van der Waals surface area contributed by atoms with Gasteiger partial charge in [0.15, 0.2) is 0 Å². The summed E-state index contributed by atoms with van der Waals surface area (Å²) in [5.41, 5.74) is 1.71. The van der Waals surface area contributed by atoms with E-state index in [4.69, 9.17) is 16.3 Å². The summed E-state index contributed by atoms with van der Waals surface area (Å²) in [5, 5.41) is 3.64. The molecule has 2 amide bonds. The van der Waals surface area contributed by atoms with Crippen LogP contribution < -0.4 is 10.1 Å². The first-order chi connectivity index (χ1) is 17.1. The van der Waals surface area contributed by atoms with Crippen molar-refractivity contribution in [2.45, 2.75) is 50.7 Å². The van der Waals surface area contributed by atoms with E-state index in [1.807, 2.05) is 36.4 Å². The van der Waals surface area contributed by atoms with Crippen molar-refractivity contribution in [2.75, 3.05) is 7.11 Å². The van der Waals surface area contributed by atoms with Gasteiger partial charge in [-0.1, -0.05) is 67.3 Å². The van der Waals surface area contributed by atoms with Crippen molar-refractivity contribution in [1.29, 1.82) is 0 Å². The highest BCUT2D eigenvalue weighted by atomic mass is 35.5. The molecule has 7 heteroatoms. The Hall–Kier alpha value is -3.38. The van der Waals surface area contributed by atoms with Gasteiger partial charge in [0.1, 0.15) is 17.5 Å². The molecule has 0 unspecified atom stereocenters. The van der Waals surface area contributed by atoms with Crippen LogP contribution in [0, 0.1) is 0 Å². The van der Waals surface area contributed by atoms with Crippen molar-refractivity contribution in [3.8, 4) is 5.75 Å². The number of hydrogen-bond acceptors (Lipinski definition) is 4. The predicted molar refractivity (Wildman–Crippen MR) is 136 cm³/mol. The number of hydrogen-bond donors (Lipinski definition) is 1. The zero-order valence-electron chi connectivity index (χ0n) is 19.8. The number of carbonyl (C=O) groups excluding carboxylic acids is 2. The third-order valence-corrected chi connectivity index (χ3v) is 6.71. The smallest absolute Gasteiger partial charge is 0.273 e. The lowest BCUT2D eigenvalue weighted by atomic mass is 9.94. The molecule has 2 aromatic carbocycles. The maximum Gasteiger partial charge on any atom is 0.273 e. The fourth-order valence-corrected chi connectivity index (χ4v) is 4.76. The average Bonchev–Trinajstić information content (AvgIpc) is 2.90. The van der Waals surface area contributed by atoms with Crippen LogP contribution in [-0.2, 0) is 11.3 Å². The third kappa shape index (κ3) is 6.20. The van der Waals surface area contributed by atoms with Crippen LogP contribution in [0.3, 0.4) is 0 Å². The maximum absolute atomic E-state index is 13.8. The van der Waals surface area contributed by atoms with E-state index in [9.17, 15) is 9.59 Å². The molecule has 0 aliphatic heterocycles. The summed E-state index contributed by atoms with van der Waals surface area (Å²) in [4.78, 5) is 33.5. The first-order valence-electron chi connectivity index (χ1n) is 12.0. The second-order valence-electron chi connectivity index (χ2n) is 8.76. The lowest BCUT2D eigenvalue weighted by molar-refractivity contribution is -0.127. The summed E-state index contributed by atoms with van der Waals surface area (Å²) in [5.74, 6) is 0.141. The molecule has 1 heterocycles. The number of nitrogens with one attached hydrogen (secondary N) is 1. The van der Waals surface area contributed by atoms with Gasteiger partial charge in [-0.3, -0.25) is 14.6 Å². The molecule has 0 spiro atoms. The van der Waals surface area contributed by atoms with Gasteiger partial charge < -0.3 is 15.0 Å². The molecule has 35 heavy (non-hydrogen) atoms. The molecule has 0 saturated heterocycles. The van der Waals surface area contributed by atoms with Gasteiger partial charge in [0.2, 0.25) is 5.91 Å². The molecule has 6 nitrogen and oxygen atoms in total. The highest BCUT2D eigenvalue weighted by Gasteiger charge is 2.35. The largest absolute Gasteiger partial charge is 0.497 e. The van der Waals surface area contributed by atoms with Crippen molar-refractivity contribution in [1.82, 2.24) is 15.2 Å². The summed E-state index contributed by atoms with van der Waals surface area (Å²) in [7, 11) is 1.61. The second kappa shape index (κ2) is 11.8. The Morgan fingerprint density at radius 1 is 1.03 bits per heavy atom. The minimum absolute atomic E-state index is 0.0917. The molecule has 1 aliphatic rings. The zero-order chi connectivity index (χ0) is 24.6. The predicted octanol–water partition coefficient (Wildman–Crippen LogP) is 5.58. The monoisotopic (exact) mass is 491 g/mol. The maximum atomic E-state index is 13.8. The summed E-state index contributed by atoms with van der Waals surface area (Å²) >= 11 is 6.59. The number of aromatic nitrogens is 1. The number of rotatable bonds is 8. The fraction of sp³-hybridized carbons (Fsp3) is 0.321. The second-order valence-corrected chi connectivity index (χ2v) is 9.17. The number of pyridine rings is 1. The summed E-state index contributed by atoms with van der Waals surface area (Å²) in [6.45, 7) is 0.202. The average molecular weight is 492 g/mol. The number of benzene rings is 2. The van der Waals surface area contributed by atoms with Crippen molar-refractivity contribution >= 4 is 23.4 Å². The van der Waals surface area contributed by atoms with Crippen molar-refractivity contribution in [2.24, 2.45) is 0 Å². The molecule has 0 radical (unpaired) electrons. The molecular formula is C28H30ClN3O3. The summed E-state index contributed by atoms with van der Waals surface area (Å²) in [6.07, 6.45) is 6.81. The van der Waals surface area contributed by atoms with Crippen LogP contribution in [0.25, 0.3) is 0 Å². The molecule has 1 atom stereocenters. The van der Waals surface area contributed by atoms with E-state index < -0.39 is 6.04 Å². The number of carbonyl (C=O) groups is 2. The molecular weight excluding hydrogens is 462 g/mol. The molecule has 1 fully saturated rings. The Labute approximate surface area is 211 Å². The van der Waals surface area contributed by atoms with Crippen LogP contribution in [0.5, 0.6) is 5.75 Å². The standard InChI is InChI=1S/C28H30ClN3O3/c1-35-22-16-14-20(15-17-22)19-32(28(34)25-13-7-8-18-30-25)26(23-11-5-6-12-24(23)29)27(33)31-21-9-3-2-4-10-21/h5-8,11-18,21,26H,2-4,9-10,19H2,1H3,(H,31,33)/t26-/m1/s1. The van der Waals surface area contributed by atoms with E-state index in [-0.39, 0.29) is 30.1 Å². The Morgan fingerprint density at radius 2 is 1.74 bits per heavy atom. The summed E-state index contributed by atoms with van der Waals surface area (Å²) < 4.78 is 5.27. The minimum atomic E-state index is -0.915. The van der Waals surface area contributed by atoms with Gasteiger partial charge in [-0.25, -0.2) is 0 Å². The van der Waals surface area contributed by atoms with Crippen LogP contribution in [0.4, 0.5) is 0 Å². The lowest BCUT2D eigenvalue weighted by Crippen LogP contribution is -2.47. The van der Waals surface area contributed by atoms with E-state index in [0.717, 1.165) is 31.2 Å². The minimum Gasteiger partial charge on any atom is -0.497 e. The Morgan fingerprint density at radius 3 is 2.40 bits per heavy atom. The van der Waals surface area contributed by atoms with Crippen LogP contribution >= 0.6 is 11.6 Å². The van der Waals surface area contributed by atoms with Crippen molar-refractivity contribution < 1.29 is 14.3 Å². The van der Waals surface area contributed by atoms with E-state index in [2.05, 4.69) is 10.3 Å². The van der Waals surface area contributed by atoms with Gasteiger partial charge in [0, 0.05) is 29.4 Å². The van der Waals surface area contributed by atoms with E-state index in [1.165, 1.54) is 6.42 Å². The first-order valence-corrected chi connectivity index (χ1v) is 12.3. The van der Waals surface area contributed by atoms with Gasteiger partial charge >= 0.3 is 0 Å². The molecule has 1 aliphatic carbocycles. The molecule has 1 aromatic heterocycles. The van der Waals surface area contributed by atoms with Gasteiger partial charge in [-0.2, -0.15) is 0 Å². The van der Waals surface area contributed by atoms with Crippen molar-refractivity contribution in [3.05, 3.63) is 94.8 Å². The number of ether oxygens (including phenoxy) is 1. The number of amides is 2. The van der Waals surface area contributed by atoms with E-state index in [1.54, 1.807) is 48.5 Å². The van der Waals surface area contributed by atoms with Crippen LogP contribution in [0.2, 0.25) is 5.02 Å². The number of methoxy groups -OCH3 is 1. The highest BCUT2D eigenvalue weighted by molar-refractivity contribution is 6.31. The van der Waals surface area contributed by atoms with Crippen LogP contribution in [0.15, 0.2) is 72.9 Å². The normalized spacial score (nSPS) is 14.7. The quantitative estimate of drug-likeness (QED) is 0.446. The molecule has 1 N–H and O–H groups in total. The van der Waals surface area contributed by atoms with Crippen LogP contribution in [0.1, 0.15) is 59.8 Å². The molecule has 182 valence electrons. The van der Waals surface area contributed by atoms with Crippen molar-refractivity contribution in [3.63, 3.8) is 0 Å². The van der Waals surface area contributed by atoms with Crippen LogP contribution in [-0.4, -0.2) is 34.8 Å². The Balaban J connectivity index is 1.74. The SMILES string of the molecule is COc1ccc(CN(C(=O)c2ccccn2)[C@@H](C(=O)NC2CCCCC2)c2ccccc2Cl)cc1. The molecule has 1 saturated carbocycles. The van der Waals surface area contributed by atoms with E-state index >= 15 is 0 Å². The van der Waals surface area contributed by atoms with Gasteiger partial charge in [-0.15, -0.1) is 0 Å². The first kappa shape index (κ1) is 24.7. The van der Waals surface area contributed by atoms with Gasteiger partial charge in [0.25, 0.3) is 5.91 Å². The van der Waals surface area contributed by atoms with Gasteiger partial charge in [-0.05, 0) is 48.7 Å². The third-order valence-electron chi connectivity index (χ3n) is 6.37. The molecule has 3 aromatic rings. The highest BCUT2D eigenvalue weighted by Crippen LogP contribution is 2.31. The topological polar surface area (TPSA) is 71.5 Å². The Kier molecular flexibility index (Phi) is 8.37. The van der Waals surface area contributed by atoms with E-state index in [0.29, 0.717) is 16.3 Å². The molecule has 4 rings (SSSR count).